The molecule has 1 N–H and O–H groups in total. The van der Waals surface area contributed by atoms with E-state index in [-0.39, 0.29) is 23.2 Å². The Morgan fingerprint density at radius 2 is 2.14 bits per heavy atom. The van der Waals surface area contributed by atoms with Crippen molar-refractivity contribution in [2.75, 3.05) is 13.1 Å². The number of rotatable bonds is 1. The number of amides is 2. The molecule has 2 amide bonds. The number of nitrogens with one attached hydrogen (secondary N) is 1. The molecule has 2 aliphatic rings. The van der Waals surface area contributed by atoms with Crippen LogP contribution in [0.5, 0.6) is 0 Å². The summed E-state index contributed by atoms with van der Waals surface area (Å²) in [5.74, 6) is -0.265. The van der Waals surface area contributed by atoms with Gasteiger partial charge in [-0.25, -0.2) is 4.39 Å². The molecular formula is C15H13FN2O2S. The maximum absolute atomic E-state index is 13.2. The van der Waals surface area contributed by atoms with Crippen LogP contribution in [-0.4, -0.2) is 35.3 Å². The molecule has 21 heavy (non-hydrogen) atoms. The monoisotopic (exact) mass is 304 g/mol. The lowest BCUT2D eigenvalue weighted by molar-refractivity contribution is -0.120. The number of hydrogen-bond donors (Lipinski definition) is 1. The number of carbonyl (C=O) groups is 2. The molecule has 0 bridgehead atoms. The smallest absolute Gasteiger partial charge is 0.264 e. The number of carbonyl (C=O) groups excluding carboxylic acids is 2. The molecule has 3 heterocycles. The van der Waals surface area contributed by atoms with Crippen molar-refractivity contribution in [3.8, 4) is 0 Å². The van der Waals surface area contributed by atoms with Crippen LogP contribution < -0.4 is 5.32 Å². The fraction of sp³-hybridized carbons (Fsp3) is 0.333. The first-order valence-electron chi connectivity index (χ1n) is 6.84. The molecule has 0 aliphatic carbocycles. The van der Waals surface area contributed by atoms with Crippen LogP contribution in [-0.2, 0) is 4.79 Å². The highest BCUT2D eigenvalue weighted by Crippen LogP contribution is 2.34. The fourth-order valence-electron chi connectivity index (χ4n) is 3.11. The van der Waals surface area contributed by atoms with E-state index >= 15 is 0 Å². The van der Waals surface area contributed by atoms with Crippen LogP contribution in [0.4, 0.5) is 4.39 Å². The summed E-state index contributed by atoms with van der Waals surface area (Å²) in [5, 5.41) is 3.72. The Morgan fingerprint density at radius 3 is 2.86 bits per heavy atom. The van der Waals surface area contributed by atoms with Gasteiger partial charge in [-0.05, 0) is 36.1 Å². The van der Waals surface area contributed by atoms with Gasteiger partial charge in [0.15, 0.2) is 0 Å². The largest absolute Gasteiger partial charge is 0.347 e. The summed E-state index contributed by atoms with van der Waals surface area (Å²) >= 11 is 1.38. The maximum atomic E-state index is 13.2. The van der Waals surface area contributed by atoms with Gasteiger partial charge in [0.2, 0.25) is 5.91 Å². The van der Waals surface area contributed by atoms with Crippen LogP contribution >= 0.6 is 11.3 Å². The molecule has 1 spiro atoms. The third-order valence-corrected chi connectivity index (χ3v) is 5.30. The summed E-state index contributed by atoms with van der Waals surface area (Å²) in [6.45, 7) is 1.14. The summed E-state index contributed by atoms with van der Waals surface area (Å²) in [5.41, 5.74) is -0.199. The molecule has 4 nitrogen and oxygen atoms in total. The zero-order valence-electron chi connectivity index (χ0n) is 11.2. The normalized spacial score (nSPS) is 19.9. The SMILES string of the molecule is O=C1CCC2(CN(C(=O)c3cc4cc(F)ccc4s3)C2)N1. The van der Waals surface area contributed by atoms with Gasteiger partial charge in [0.1, 0.15) is 5.82 Å². The minimum absolute atomic E-state index is 0.0385. The van der Waals surface area contributed by atoms with Gasteiger partial charge in [-0.1, -0.05) is 0 Å². The van der Waals surface area contributed by atoms with Crippen molar-refractivity contribution >= 4 is 33.2 Å². The lowest BCUT2D eigenvalue weighted by atomic mass is 9.88. The third-order valence-electron chi connectivity index (χ3n) is 4.20. The van der Waals surface area contributed by atoms with Gasteiger partial charge in [-0.2, -0.15) is 0 Å². The molecular weight excluding hydrogens is 291 g/mol. The summed E-state index contributed by atoms with van der Waals surface area (Å²) < 4.78 is 14.1. The predicted molar refractivity (Wildman–Crippen MR) is 77.8 cm³/mol. The number of hydrogen-bond acceptors (Lipinski definition) is 3. The molecule has 6 heteroatoms. The molecule has 2 fully saturated rings. The van der Waals surface area contributed by atoms with Crippen LogP contribution in [0.25, 0.3) is 10.1 Å². The minimum Gasteiger partial charge on any atom is -0.347 e. The molecule has 0 radical (unpaired) electrons. The van der Waals surface area contributed by atoms with Gasteiger partial charge in [-0.3, -0.25) is 9.59 Å². The Balaban J connectivity index is 1.53. The van der Waals surface area contributed by atoms with Crippen molar-refractivity contribution < 1.29 is 14.0 Å². The second-order valence-electron chi connectivity index (χ2n) is 5.78. The molecule has 0 saturated carbocycles. The summed E-state index contributed by atoms with van der Waals surface area (Å²) in [6.07, 6.45) is 1.34. The molecule has 4 rings (SSSR count). The molecule has 2 aromatic rings. The lowest BCUT2D eigenvalue weighted by Gasteiger charge is -2.47. The standard InChI is InChI=1S/C15H13FN2O2S/c16-10-1-2-11-9(5-10)6-12(21-11)14(20)18-7-15(8-18)4-3-13(19)17-15/h1-2,5-6H,3-4,7-8H2,(H,17,19). The van der Waals surface area contributed by atoms with Crippen molar-refractivity contribution in [2.45, 2.75) is 18.4 Å². The van der Waals surface area contributed by atoms with E-state index in [1.165, 1.54) is 23.5 Å². The highest BCUT2D eigenvalue weighted by molar-refractivity contribution is 7.20. The highest BCUT2D eigenvalue weighted by Gasteiger charge is 2.49. The van der Waals surface area contributed by atoms with E-state index in [0.717, 1.165) is 16.5 Å². The number of likely N-dealkylation sites (tertiary alicyclic amines) is 1. The number of benzene rings is 1. The molecule has 0 atom stereocenters. The number of fused-ring (bicyclic) bond motifs is 1. The Kier molecular flexibility index (Phi) is 2.60. The number of halogens is 1. The van der Waals surface area contributed by atoms with E-state index in [1.807, 2.05) is 0 Å². The zero-order valence-corrected chi connectivity index (χ0v) is 12.0. The lowest BCUT2D eigenvalue weighted by Crippen LogP contribution is -2.68. The Morgan fingerprint density at radius 1 is 1.33 bits per heavy atom. The van der Waals surface area contributed by atoms with Crippen LogP contribution in [0.15, 0.2) is 24.3 Å². The van der Waals surface area contributed by atoms with E-state index in [2.05, 4.69) is 5.32 Å². The second kappa shape index (κ2) is 4.27. The van der Waals surface area contributed by atoms with Crippen LogP contribution in [0.2, 0.25) is 0 Å². The fourth-order valence-corrected chi connectivity index (χ4v) is 4.13. The molecule has 1 aromatic carbocycles. The maximum Gasteiger partial charge on any atom is 0.264 e. The summed E-state index contributed by atoms with van der Waals surface area (Å²) in [4.78, 5) is 26.1. The Labute approximate surface area is 124 Å². The topological polar surface area (TPSA) is 49.4 Å². The van der Waals surface area contributed by atoms with Crippen molar-refractivity contribution in [1.82, 2.24) is 10.2 Å². The average molecular weight is 304 g/mol. The van der Waals surface area contributed by atoms with Crippen LogP contribution in [0.1, 0.15) is 22.5 Å². The van der Waals surface area contributed by atoms with E-state index in [1.54, 1.807) is 17.0 Å². The van der Waals surface area contributed by atoms with E-state index in [0.29, 0.717) is 24.4 Å². The Bertz CT molecular complexity index is 764. The number of nitrogens with zero attached hydrogens (tertiary/aromatic N) is 1. The first-order valence-corrected chi connectivity index (χ1v) is 7.66. The van der Waals surface area contributed by atoms with Crippen LogP contribution in [0, 0.1) is 5.82 Å². The van der Waals surface area contributed by atoms with Gasteiger partial charge < -0.3 is 10.2 Å². The van der Waals surface area contributed by atoms with Gasteiger partial charge in [0, 0.05) is 24.2 Å². The van der Waals surface area contributed by atoms with Crippen LogP contribution in [0.3, 0.4) is 0 Å². The third kappa shape index (κ3) is 2.01. The molecule has 108 valence electrons. The zero-order chi connectivity index (χ0) is 14.6. The quantitative estimate of drug-likeness (QED) is 0.877. The summed E-state index contributed by atoms with van der Waals surface area (Å²) in [7, 11) is 0. The van der Waals surface area contributed by atoms with Crippen molar-refractivity contribution in [3.05, 3.63) is 35.0 Å². The average Bonchev–Trinajstić information content (AvgIpc) is 2.99. The van der Waals surface area contributed by atoms with E-state index < -0.39 is 0 Å². The first kappa shape index (κ1) is 12.8. The predicted octanol–water partition coefficient (Wildman–Crippen LogP) is 2.15. The summed E-state index contributed by atoms with van der Waals surface area (Å²) in [6, 6.07) is 6.28. The second-order valence-corrected chi connectivity index (χ2v) is 6.87. The Hall–Kier alpha value is -1.95. The van der Waals surface area contributed by atoms with Gasteiger partial charge >= 0.3 is 0 Å². The van der Waals surface area contributed by atoms with E-state index in [4.69, 9.17) is 0 Å². The van der Waals surface area contributed by atoms with Gasteiger partial charge in [0.25, 0.3) is 5.91 Å². The molecule has 1 aromatic heterocycles. The van der Waals surface area contributed by atoms with Gasteiger partial charge in [0.05, 0.1) is 10.4 Å². The molecule has 2 saturated heterocycles. The van der Waals surface area contributed by atoms with Crippen molar-refractivity contribution in [2.24, 2.45) is 0 Å². The minimum atomic E-state index is -0.295. The van der Waals surface area contributed by atoms with Crippen molar-refractivity contribution in [3.63, 3.8) is 0 Å². The highest BCUT2D eigenvalue weighted by atomic mass is 32.1. The molecule has 2 aliphatic heterocycles. The van der Waals surface area contributed by atoms with Gasteiger partial charge in [-0.15, -0.1) is 11.3 Å². The molecule has 0 unspecified atom stereocenters. The first-order chi connectivity index (χ1) is 10.0. The van der Waals surface area contributed by atoms with Crippen molar-refractivity contribution in [1.29, 1.82) is 0 Å². The van der Waals surface area contributed by atoms with E-state index in [9.17, 15) is 14.0 Å². The number of thiophene rings is 1.